The zero-order valence-electron chi connectivity index (χ0n) is 18.7. The molecule has 156 valence electrons. The molecule has 2 heterocycles. The van der Waals surface area contributed by atoms with Crippen LogP contribution in [-0.4, -0.2) is 18.0 Å². The lowest BCUT2D eigenvalue weighted by atomic mass is 9.98. The molecule has 3 heteroatoms. The second kappa shape index (κ2) is 8.17. The Balaban J connectivity index is 1.43. The van der Waals surface area contributed by atoms with Crippen LogP contribution in [0.15, 0.2) is 104 Å². The van der Waals surface area contributed by atoms with E-state index in [1.54, 1.807) is 6.20 Å². The molecule has 0 saturated carbocycles. The van der Waals surface area contributed by atoms with Gasteiger partial charge in [0.15, 0.2) is 0 Å². The van der Waals surface area contributed by atoms with Gasteiger partial charge >= 0.3 is 0 Å². The van der Waals surface area contributed by atoms with E-state index in [9.17, 15) is 0 Å². The summed E-state index contributed by atoms with van der Waals surface area (Å²) in [6.45, 7) is 7.16. The summed E-state index contributed by atoms with van der Waals surface area (Å²) in [6.07, 6.45) is 5.56. The predicted molar refractivity (Wildman–Crippen MR) is 139 cm³/mol. The van der Waals surface area contributed by atoms with Crippen LogP contribution >= 0.6 is 0 Å². The van der Waals surface area contributed by atoms with E-state index in [0.717, 1.165) is 16.8 Å². The molecule has 2 aromatic heterocycles. The SMILES string of the molecule is C[Si](C)(C)c1ccc(-c2ccc3cc(-c4ccc(-c5cccnc5)nc4)ccc3c2)cc1. The fraction of sp³-hybridized carbons (Fsp3) is 0.103. The van der Waals surface area contributed by atoms with Gasteiger partial charge in [-0.1, -0.05) is 79.4 Å². The monoisotopic (exact) mass is 430 g/mol. The van der Waals surface area contributed by atoms with Crippen molar-refractivity contribution in [3.8, 4) is 33.5 Å². The molecule has 2 nitrogen and oxygen atoms in total. The van der Waals surface area contributed by atoms with Gasteiger partial charge in [-0.3, -0.25) is 9.97 Å². The molecule has 0 aliphatic heterocycles. The summed E-state index contributed by atoms with van der Waals surface area (Å²) in [5.74, 6) is 0. The highest BCUT2D eigenvalue weighted by atomic mass is 28.3. The molecule has 0 unspecified atom stereocenters. The van der Waals surface area contributed by atoms with Gasteiger partial charge in [0.05, 0.1) is 13.8 Å². The summed E-state index contributed by atoms with van der Waals surface area (Å²) in [5.41, 5.74) is 6.79. The van der Waals surface area contributed by atoms with Gasteiger partial charge in [0.25, 0.3) is 0 Å². The molecule has 0 amide bonds. The number of hydrogen-bond donors (Lipinski definition) is 0. The molecule has 0 bridgehead atoms. The molecule has 0 aliphatic carbocycles. The van der Waals surface area contributed by atoms with Crippen LogP contribution in [-0.2, 0) is 0 Å². The van der Waals surface area contributed by atoms with Gasteiger partial charge in [0.1, 0.15) is 0 Å². The third-order valence-corrected chi connectivity index (χ3v) is 8.04. The van der Waals surface area contributed by atoms with Crippen molar-refractivity contribution in [2.45, 2.75) is 19.6 Å². The van der Waals surface area contributed by atoms with Gasteiger partial charge in [0.2, 0.25) is 0 Å². The standard InChI is InChI=1S/C29H26N2Si/c1-32(2,3)28-13-10-21(11-14-28)22-6-7-24-18-25(9-8-23(24)17-22)26-12-15-29(31-20-26)27-5-4-16-30-19-27/h4-20H,1-3H3. The average molecular weight is 431 g/mol. The lowest BCUT2D eigenvalue weighted by molar-refractivity contribution is 1.28. The van der Waals surface area contributed by atoms with E-state index < -0.39 is 8.07 Å². The van der Waals surface area contributed by atoms with Crippen LogP contribution in [0, 0.1) is 0 Å². The van der Waals surface area contributed by atoms with Crippen molar-refractivity contribution in [1.29, 1.82) is 0 Å². The van der Waals surface area contributed by atoms with E-state index in [1.807, 2.05) is 24.5 Å². The Morgan fingerprint density at radius 2 is 1.19 bits per heavy atom. The van der Waals surface area contributed by atoms with Gasteiger partial charge in [-0.25, -0.2) is 0 Å². The highest BCUT2D eigenvalue weighted by Crippen LogP contribution is 2.29. The lowest BCUT2D eigenvalue weighted by Gasteiger charge is -2.17. The maximum atomic E-state index is 4.65. The van der Waals surface area contributed by atoms with E-state index >= 15 is 0 Å². The number of fused-ring (bicyclic) bond motifs is 1. The molecule has 5 aromatic rings. The second-order valence-electron chi connectivity index (χ2n) is 9.28. The minimum Gasteiger partial charge on any atom is -0.264 e. The van der Waals surface area contributed by atoms with E-state index in [4.69, 9.17) is 0 Å². The first-order valence-corrected chi connectivity index (χ1v) is 14.5. The maximum absolute atomic E-state index is 4.65. The van der Waals surface area contributed by atoms with Gasteiger partial charge in [-0.15, -0.1) is 0 Å². The minimum absolute atomic E-state index is 0.937. The van der Waals surface area contributed by atoms with Gasteiger partial charge in [-0.2, -0.15) is 0 Å². The maximum Gasteiger partial charge on any atom is 0.0775 e. The van der Waals surface area contributed by atoms with Crippen molar-refractivity contribution < 1.29 is 0 Å². The van der Waals surface area contributed by atoms with Crippen LogP contribution in [0.25, 0.3) is 44.3 Å². The summed E-state index contributed by atoms with van der Waals surface area (Å²) in [7, 11) is -1.27. The molecule has 3 aromatic carbocycles. The zero-order chi connectivity index (χ0) is 22.1. The van der Waals surface area contributed by atoms with Crippen LogP contribution in [0.1, 0.15) is 0 Å². The van der Waals surface area contributed by atoms with E-state index in [-0.39, 0.29) is 0 Å². The highest BCUT2D eigenvalue weighted by Gasteiger charge is 2.15. The van der Waals surface area contributed by atoms with Crippen LogP contribution in [0.4, 0.5) is 0 Å². The number of rotatable bonds is 4. The smallest absolute Gasteiger partial charge is 0.0775 e. The second-order valence-corrected chi connectivity index (χ2v) is 14.4. The molecule has 0 saturated heterocycles. The Kier molecular flexibility index (Phi) is 5.20. The summed E-state index contributed by atoms with van der Waals surface area (Å²) in [4.78, 5) is 8.83. The number of nitrogens with zero attached hydrogens (tertiary/aromatic N) is 2. The summed E-state index contributed by atoms with van der Waals surface area (Å²) >= 11 is 0. The molecule has 32 heavy (non-hydrogen) atoms. The molecule has 0 aliphatic rings. The zero-order valence-corrected chi connectivity index (χ0v) is 19.7. The Bertz CT molecular complexity index is 1370. The number of hydrogen-bond acceptors (Lipinski definition) is 2. The van der Waals surface area contributed by atoms with Crippen molar-refractivity contribution >= 4 is 24.0 Å². The average Bonchev–Trinajstić information content (AvgIpc) is 2.83. The first kappa shape index (κ1) is 20.3. The Hall–Kier alpha value is -3.56. The van der Waals surface area contributed by atoms with Crippen LogP contribution in [0.5, 0.6) is 0 Å². The Labute approximate surface area is 190 Å². The quantitative estimate of drug-likeness (QED) is 0.282. The first-order valence-electron chi connectivity index (χ1n) is 11.0. The van der Waals surface area contributed by atoms with Crippen molar-refractivity contribution in [3.05, 3.63) is 104 Å². The summed E-state index contributed by atoms with van der Waals surface area (Å²) in [5, 5.41) is 3.98. The molecule has 0 fully saturated rings. The Morgan fingerprint density at radius 1 is 0.562 bits per heavy atom. The normalized spacial score (nSPS) is 11.6. The molecular formula is C29H26N2Si. The number of aromatic nitrogens is 2. The summed E-state index contributed by atoms with van der Waals surface area (Å²) in [6, 6.07) is 30.6. The number of benzene rings is 3. The highest BCUT2D eigenvalue weighted by molar-refractivity contribution is 6.88. The van der Waals surface area contributed by atoms with Gasteiger partial charge in [-0.05, 0) is 57.8 Å². The minimum atomic E-state index is -1.27. The molecule has 0 spiro atoms. The summed E-state index contributed by atoms with van der Waals surface area (Å²) < 4.78 is 0. The van der Waals surface area contributed by atoms with E-state index in [1.165, 1.54) is 32.6 Å². The van der Waals surface area contributed by atoms with Crippen LogP contribution < -0.4 is 5.19 Å². The molecule has 5 rings (SSSR count). The molecular weight excluding hydrogens is 404 g/mol. The molecule has 0 radical (unpaired) electrons. The Morgan fingerprint density at radius 3 is 1.75 bits per heavy atom. The topological polar surface area (TPSA) is 25.8 Å². The van der Waals surface area contributed by atoms with E-state index in [0.29, 0.717) is 0 Å². The van der Waals surface area contributed by atoms with Gasteiger partial charge in [0, 0.05) is 29.7 Å². The van der Waals surface area contributed by atoms with Crippen LogP contribution in [0.3, 0.4) is 0 Å². The lowest BCUT2D eigenvalue weighted by Crippen LogP contribution is -2.37. The largest absolute Gasteiger partial charge is 0.264 e. The molecule has 0 N–H and O–H groups in total. The van der Waals surface area contributed by atoms with Crippen LogP contribution in [0.2, 0.25) is 19.6 Å². The number of pyridine rings is 2. The fourth-order valence-electron chi connectivity index (χ4n) is 4.02. The first-order chi connectivity index (χ1) is 15.5. The van der Waals surface area contributed by atoms with Crippen molar-refractivity contribution in [2.24, 2.45) is 0 Å². The van der Waals surface area contributed by atoms with E-state index in [2.05, 4.69) is 102 Å². The van der Waals surface area contributed by atoms with Gasteiger partial charge < -0.3 is 0 Å². The molecule has 0 atom stereocenters. The fourth-order valence-corrected chi connectivity index (χ4v) is 5.18. The van der Waals surface area contributed by atoms with Crippen molar-refractivity contribution in [3.63, 3.8) is 0 Å². The van der Waals surface area contributed by atoms with Crippen molar-refractivity contribution in [1.82, 2.24) is 9.97 Å². The predicted octanol–water partition coefficient (Wildman–Crippen LogP) is 7.18. The third kappa shape index (κ3) is 4.12. The third-order valence-electron chi connectivity index (χ3n) is 5.98. The van der Waals surface area contributed by atoms with Crippen molar-refractivity contribution in [2.75, 3.05) is 0 Å².